The number of nitrogens with one attached hydrogen (secondary N) is 1. The lowest BCUT2D eigenvalue weighted by atomic mass is 9.98. The summed E-state index contributed by atoms with van der Waals surface area (Å²) in [7, 11) is -2.06. The lowest BCUT2D eigenvalue weighted by molar-refractivity contribution is -0.120. The molecule has 2 aromatic carbocycles. The van der Waals surface area contributed by atoms with Gasteiger partial charge in [0.1, 0.15) is 5.75 Å². The van der Waals surface area contributed by atoms with Gasteiger partial charge in [0, 0.05) is 13.1 Å². The van der Waals surface area contributed by atoms with Crippen LogP contribution in [0.2, 0.25) is 0 Å². The molecule has 6 nitrogen and oxygen atoms in total. The van der Waals surface area contributed by atoms with Gasteiger partial charge in [-0.3, -0.25) is 4.79 Å². The molecule has 1 N–H and O–H groups in total. The number of benzene rings is 2. The molecule has 27 heavy (non-hydrogen) atoms. The average Bonchev–Trinajstić information content (AvgIpc) is 2.69. The first-order valence-corrected chi connectivity index (χ1v) is 10.4. The third kappa shape index (κ3) is 4.31. The molecule has 1 unspecified atom stereocenters. The number of anilines is 1. The molecule has 1 heterocycles. The topological polar surface area (TPSA) is 75.7 Å². The van der Waals surface area contributed by atoms with Crippen LogP contribution in [0.15, 0.2) is 53.4 Å². The second-order valence-electron chi connectivity index (χ2n) is 6.70. The average molecular weight is 388 g/mol. The van der Waals surface area contributed by atoms with Crippen LogP contribution in [0, 0.1) is 12.8 Å². The number of carbonyl (C=O) groups is 1. The van der Waals surface area contributed by atoms with Gasteiger partial charge in [-0.15, -0.1) is 0 Å². The summed E-state index contributed by atoms with van der Waals surface area (Å²) in [5.74, 6) is -0.0158. The van der Waals surface area contributed by atoms with Crippen LogP contribution in [0.3, 0.4) is 0 Å². The van der Waals surface area contributed by atoms with Crippen molar-refractivity contribution in [3.05, 3.63) is 54.1 Å². The van der Waals surface area contributed by atoms with Crippen molar-refractivity contribution >= 4 is 21.6 Å². The molecule has 1 saturated heterocycles. The minimum Gasteiger partial charge on any atom is -0.495 e. The van der Waals surface area contributed by atoms with Crippen molar-refractivity contribution in [2.24, 2.45) is 5.92 Å². The molecule has 1 aliphatic rings. The third-order valence-electron chi connectivity index (χ3n) is 4.78. The fourth-order valence-electron chi connectivity index (χ4n) is 3.22. The van der Waals surface area contributed by atoms with Crippen molar-refractivity contribution in [1.29, 1.82) is 0 Å². The Hall–Kier alpha value is -2.38. The predicted octanol–water partition coefficient (Wildman–Crippen LogP) is 3.04. The Morgan fingerprint density at radius 3 is 2.56 bits per heavy atom. The number of hydrogen-bond acceptors (Lipinski definition) is 4. The van der Waals surface area contributed by atoms with E-state index in [0.717, 1.165) is 5.56 Å². The quantitative estimate of drug-likeness (QED) is 0.854. The van der Waals surface area contributed by atoms with Crippen molar-refractivity contribution in [2.45, 2.75) is 24.7 Å². The van der Waals surface area contributed by atoms with Gasteiger partial charge in [0.2, 0.25) is 15.9 Å². The van der Waals surface area contributed by atoms with Gasteiger partial charge in [0.05, 0.1) is 23.6 Å². The maximum atomic E-state index is 12.9. The van der Waals surface area contributed by atoms with E-state index in [0.29, 0.717) is 30.8 Å². The maximum absolute atomic E-state index is 12.9. The molecule has 1 amide bonds. The SMILES string of the molecule is COc1ccccc1NC(=O)C1CCCN(S(=O)(=O)c2ccc(C)cc2)C1. The van der Waals surface area contributed by atoms with Crippen molar-refractivity contribution in [2.75, 3.05) is 25.5 Å². The van der Waals surface area contributed by atoms with E-state index in [9.17, 15) is 13.2 Å². The first-order valence-electron chi connectivity index (χ1n) is 8.92. The van der Waals surface area contributed by atoms with Gasteiger partial charge in [-0.25, -0.2) is 8.42 Å². The Bertz CT molecular complexity index is 910. The second kappa shape index (κ2) is 8.10. The number of rotatable bonds is 5. The number of nitrogens with zero attached hydrogens (tertiary/aromatic N) is 1. The summed E-state index contributed by atoms with van der Waals surface area (Å²) in [5.41, 5.74) is 1.59. The number of carbonyl (C=O) groups excluding carboxylic acids is 1. The summed E-state index contributed by atoms with van der Waals surface area (Å²) in [6.07, 6.45) is 1.30. The highest BCUT2D eigenvalue weighted by molar-refractivity contribution is 7.89. The van der Waals surface area contributed by atoms with Gasteiger partial charge in [-0.05, 0) is 44.0 Å². The number of ether oxygens (including phenoxy) is 1. The standard InChI is InChI=1S/C20H24N2O4S/c1-15-9-11-17(12-10-15)27(24,25)22-13-5-6-16(14-22)20(23)21-18-7-3-4-8-19(18)26-2/h3-4,7-12,16H,5-6,13-14H2,1-2H3,(H,21,23). The zero-order chi connectivity index (χ0) is 19.4. The van der Waals surface area contributed by atoms with Crippen LogP contribution in [0.1, 0.15) is 18.4 Å². The molecule has 0 aromatic heterocycles. The lowest BCUT2D eigenvalue weighted by Crippen LogP contribution is -2.43. The molecule has 7 heteroatoms. The van der Waals surface area contributed by atoms with Crippen molar-refractivity contribution in [1.82, 2.24) is 4.31 Å². The maximum Gasteiger partial charge on any atom is 0.243 e. The number of sulfonamides is 1. The summed E-state index contributed by atoms with van der Waals surface area (Å²) in [4.78, 5) is 13.0. The van der Waals surface area contributed by atoms with E-state index < -0.39 is 15.9 Å². The minimum absolute atomic E-state index is 0.178. The van der Waals surface area contributed by atoms with E-state index in [1.165, 1.54) is 4.31 Å². The number of hydrogen-bond donors (Lipinski definition) is 1. The zero-order valence-corrected chi connectivity index (χ0v) is 16.3. The lowest BCUT2D eigenvalue weighted by Gasteiger charge is -2.31. The van der Waals surface area contributed by atoms with Crippen LogP contribution in [0.5, 0.6) is 5.75 Å². The molecule has 0 aliphatic carbocycles. The molecule has 1 aliphatic heterocycles. The van der Waals surface area contributed by atoms with Gasteiger partial charge >= 0.3 is 0 Å². The number of methoxy groups -OCH3 is 1. The highest BCUT2D eigenvalue weighted by Crippen LogP contribution is 2.27. The van der Waals surface area contributed by atoms with E-state index in [1.54, 1.807) is 43.5 Å². The molecule has 144 valence electrons. The monoisotopic (exact) mass is 388 g/mol. The van der Waals surface area contributed by atoms with Crippen LogP contribution < -0.4 is 10.1 Å². The summed E-state index contributed by atoms with van der Waals surface area (Å²) >= 11 is 0. The van der Waals surface area contributed by atoms with Crippen LogP contribution in [0.25, 0.3) is 0 Å². The van der Waals surface area contributed by atoms with Gasteiger partial charge in [-0.2, -0.15) is 4.31 Å². The van der Waals surface area contributed by atoms with Gasteiger partial charge in [0.25, 0.3) is 0 Å². The first-order chi connectivity index (χ1) is 12.9. The Morgan fingerprint density at radius 1 is 1.15 bits per heavy atom. The zero-order valence-electron chi connectivity index (χ0n) is 15.5. The van der Waals surface area contributed by atoms with E-state index >= 15 is 0 Å². The Labute approximate surface area is 160 Å². The number of para-hydroxylation sites is 2. The molecule has 3 rings (SSSR count). The predicted molar refractivity (Wildman–Crippen MR) is 104 cm³/mol. The molecule has 1 fully saturated rings. The summed E-state index contributed by atoms with van der Waals surface area (Å²) in [5, 5.41) is 2.86. The fraction of sp³-hybridized carbons (Fsp3) is 0.350. The van der Waals surface area contributed by atoms with Gasteiger partial charge < -0.3 is 10.1 Å². The molecule has 0 radical (unpaired) electrons. The molecule has 2 aromatic rings. The molecular weight excluding hydrogens is 364 g/mol. The molecule has 0 bridgehead atoms. The highest BCUT2D eigenvalue weighted by atomic mass is 32.2. The number of amides is 1. The van der Waals surface area contributed by atoms with Crippen molar-refractivity contribution < 1.29 is 17.9 Å². The second-order valence-corrected chi connectivity index (χ2v) is 8.64. The van der Waals surface area contributed by atoms with Gasteiger partial charge in [0.15, 0.2) is 0 Å². The first kappa shape index (κ1) is 19.4. The smallest absolute Gasteiger partial charge is 0.243 e. The highest BCUT2D eigenvalue weighted by Gasteiger charge is 2.33. The third-order valence-corrected chi connectivity index (χ3v) is 6.66. The largest absolute Gasteiger partial charge is 0.495 e. The van der Waals surface area contributed by atoms with Crippen LogP contribution >= 0.6 is 0 Å². The fourth-order valence-corrected chi connectivity index (χ4v) is 4.74. The Morgan fingerprint density at radius 2 is 1.85 bits per heavy atom. The summed E-state index contributed by atoms with van der Waals surface area (Å²) < 4.78 is 32.5. The summed E-state index contributed by atoms with van der Waals surface area (Å²) in [6, 6.07) is 14.0. The number of aryl methyl sites for hydroxylation is 1. The van der Waals surface area contributed by atoms with Gasteiger partial charge in [-0.1, -0.05) is 29.8 Å². The molecule has 0 saturated carbocycles. The van der Waals surface area contributed by atoms with Crippen LogP contribution in [-0.2, 0) is 14.8 Å². The number of piperidine rings is 1. The molecular formula is C20H24N2O4S. The van der Waals surface area contributed by atoms with Crippen molar-refractivity contribution in [3.63, 3.8) is 0 Å². The molecule has 0 spiro atoms. The van der Waals surface area contributed by atoms with Crippen LogP contribution in [-0.4, -0.2) is 38.8 Å². The van der Waals surface area contributed by atoms with E-state index in [1.807, 2.05) is 19.1 Å². The van der Waals surface area contributed by atoms with Crippen molar-refractivity contribution in [3.8, 4) is 5.75 Å². The van der Waals surface area contributed by atoms with E-state index in [-0.39, 0.29) is 17.3 Å². The molecule has 1 atom stereocenters. The van der Waals surface area contributed by atoms with E-state index in [2.05, 4.69) is 5.32 Å². The van der Waals surface area contributed by atoms with Crippen LogP contribution in [0.4, 0.5) is 5.69 Å². The Kier molecular flexibility index (Phi) is 5.82. The normalized spacial score (nSPS) is 18.1. The summed E-state index contributed by atoms with van der Waals surface area (Å²) in [6.45, 7) is 2.52. The minimum atomic E-state index is -3.60. The Balaban J connectivity index is 1.73. The van der Waals surface area contributed by atoms with E-state index in [4.69, 9.17) is 4.74 Å².